The molecule has 2 heterocycles. The zero-order valence-corrected chi connectivity index (χ0v) is 13.8. The van der Waals surface area contributed by atoms with E-state index in [0.29, 0.717) is 17.4 Å². The van der Waals surface area contributed by atoms with E-state index < -0.39 is 0 Å². The number of nitrogens with one attached hydrogen (secondary N) is 1. The van der Waals surface area contributed by atoms with Crippen molar-refractivity contribution in [1.82, 2.24) is 10.5 Å². The normalized spacial score (nSPS) is 14.9. The molecule has 6 nitrogen and oxygen atoms in total. The molecule has 1 amide bonds. The summed E-state index contributed by atoms with van der Waals surface area (Å²) in [7, 11) is 1.64. The zero-order valence-electron chi connectivity index (χ0n) is 13.8. The lowest BCUT2D eigenvalue weighted by Crippen LogP contribution is -2.30. The molecule has 0 aliphatic heterocycles. The van der Waals surface area contributed by atoms with Crippen molar-refractivity contribution in [2.75, 3.05) is 7.11 Å². The van der Waals surface area contributed by atoms with Crippen molar-refractivity contribution in [3.05, 3.63) is 60.0 Å². The quantitative estimate of drug-likeness (QED) is 0.739. The van der Waals surface area contributed by atoms with E-state index in [2.05, 4.69) is 10.5 Å². The maximum Gasteiger partial charge on any atom is 0.273 e. The Bertz CT molecular complexity index is 848. The summed E-state index contributed by atoms with van der Waals surface area (Å²) in [5.41, 5.74) is 1.30. The van der Waals surface area contributed by atoms with Crippen LogP contribution < -0.4 is 10.1 Å². The van der Waals surface area contributed by atoms with E-state index in [-0.39, 0.29) is 17.6 Å². The number of ether oxygens (including phenoxy) is 1. The predicted molar refractivity (Wildman–Crippen MR) is 90.1 cm³/mol. The van der Waals surface area contributed by atoms with Crippen molar-refractivity contribution in [3.8, 4) is 17.3 Å². The number of amides is 1. The Morgan fingerprint density at radius 3 is 2.68 bits per heavy atom. The average molecular weight is 338 g/mol. The second-order valence-electron chi connectivity index (χ2n) is 6.12. The summed E-state index contributed by atoms with van der Waals surface area (Å²) in [6.45, 7) is 0. The number of rotatable bonds is 6. The maximum absolute atomic E-state index is 12.6. The third-order valence-corrected chi connectivity index (χ3v) is 4.36. The summed E-state index contributed by atoms with van der Waals surface area (Å²) in [4.78, 5) is 12.6. The molecule has 2 aromatic heterocycles. The number of methoxy groups -OCH3 is 1. The van der Waals surface area contributed by atoms with Gasteiger partial charge in [0.25, 0.3) is 5.91 Å². The van der Waals surface area contributed by atoms with Crippen LogP contribution in [0, 0.1) is 5.92 Å². The highest BCUT2D eigenvalue weighted by Crippen LogP contribution is 2.41. The number of furan rings is 1. The molecule has 0 bridgehead atoms. The summed E-state index contributed by atoms with van der Waals surface area (Å²) in [6.07, 6.45) is 3.76. The molecule has 1 aromatic carbocycles. The molecule has 1 unspecified atom stereocenters. The first-order valence-electron chi connectivity index (χ1n) is 8.20. The van der Waals surface area contributed by atoms with Crippen LogP contribution in [-0.2, 0) is 0 Å². The smallest absolute Gasteiger partial charge is 0.273 e. The molecule has 0 spiro atoms. The van der Waals surface area contributed by atoms with Crippen molar-refractivity contribution < 1.29 is 18.5 Å². The molecule has 6 heteroatoms. The molecule has 4 rings (SSSR count). The van der Waals surface area contributed by atoms with E-state index >= 15 is 0 Å². The highest BCUT2D eigenvalue weighted by molar-refractivity contribution is 5.93. The molecule has 1 N–H and O–H groups in total. The van der Waals surface area contributed by atoms with Crippen LogP contribution in [-0.4, -0.2) is 18.2 Å². The lowest BCUT2D eigenvalue weighted by atomic mass is 10.0. The van der Waals surface area contributed by atoms with Crippen LogP contribution in [0.1, 0.15) is 34.9 Å². The van der Waals surface area contributed by atoms with Crippen molar-refractivity contribution in [2.45, 2.75) is 18.9 Å². The molecule has 1 aliphatic carbocycles. The lowest BCUT2D eigenvalue weighted by molar-refractivity contribution is 0.0922. The molecule has 3 aromatic rings. The molecule has 1 atom stereocenters. The van der Waals surface area contributed by atoms with Crippen LogP contribution in [0.3, 0.4) is 0 Å². The first-order valence-corrected chi connectivity index (χ1v) is 8.20. The van der Waals surface area contributed by atoms with Gasteiger partial charge in [-0.2, -0.15) is 0 Å². The molecule has 0 saturated heterocycles. The maximum atomic E-state index is 12.6. The van der Waals surface area contributed by atoms with Crippen LogP contribution in [0.4, 0.5) is 0 Å². The number of carbonyl (C=O) groups excluding carboxylic acids is 1. The number of nitrogens with zero attached hydrogens (tertiary/aromatic N) is 1. The number of hydrogen-bond donors (Lipinski definition) is 1. The van der Waals surface area contributed by atoms with Gasteiger partial charge in [0.1, 0.15) is 5.75 Å². The Kier molecular flexibility index (Phi) is 4.01. The second kappa shape index (κ2) is 6.47. The summed E-state index contributed by atoms with van der Waals surface area (Å²) in [5.74, 6) is 1.97. The molecule has 128 valence electrons. The van der Waals surface area contributed by atoms with Crippen LogP contribution in [0.5, 0.6) is 5.75 Å². The van der Waals surface area contributed by atoms with Crippen molar-refractivity contribution in [3.63, 3.8) is 0 Å². The summed E-state index contributed by atoms with van der Waals surface area (Å²) < 4.78 is 15.7. The van der Waals surface area contributed by atoms with Gasteiger partial charge in [0.05, 0.1) is 19.4 Å². The van der Waals surface area contributed by atoms with Gasteiger partial charge < -0.3 is 19.0 Å². The zero-order chi connectivity index (χ0) is 17.2. The van der Waals surface area contributed by atoms with Gasteiger partial charge in [-0.05, 0) is 48.6 Å². The van der Waals surface area contributed by atoms with E-state index in [9.17, 15) is 4.79 Å². The van der Waals surface area contributed by atoms with E-state index in [1.54, 1.807) is 31.6 Å². The molecule has 25 heavy (non-hydrogen) atoms. The topological polar surface area (TPSA) is 77.5 Å². The third kappa shape index (κ3) is 3.28. The highest BCUT2D eigenvalue weighted by Gasteiger charge is 2.34. The summed E-state index contributed by atoms with van der Waals surface area (Å²) >= 11 is 0. The number of benzene rings is 1. The number of carbonyl (C=O) groups is 1. The van der Waals surface area contributed by atoms with Gasteiger partial charge in [-0.1, -0.05) is 17.3 Å². The largest absolute Gasteiger partial charge is 0.497 e. The van der Waals surface area contributed by atoms with E-state index in [0.717, 1.165) is 24.2 Å². The Hall–Kier alpha value is -3.02. The van der Waals surface area contributed by atoms with Gasteiger partial charge in [0, 0.05) is 6.07 Å². The predicted octanol–water partition coefficient (Wildman–Crippen LogP) is 3.82. The Morgan fingerprint density at radius 1 is 1.24 bits per heavy atom. The van der Waals surface area contributed by atoms with Gasteiger partial charge in [-0.3, -0.25) is 4.79 Å². The number of hydrogen-bond acceptors (Lipinski definition) is 5. The lowest BCUT2D eigenvalue weighted by Gasteiger charge is -2.18. The molecule has 1 aliphatic rings. The Labute approximate surface area is 144 Å². The fourth-order valence-electron chi connectivity index (χ4n) is 2.85. The van der Waals surface area contributed by atoms with Crippen molar-refractivity contribution >= 4 is 5.91 Å². The van der Waals surface area contributed by atoms with Crippen molar-refractivity contribution in [1.29, 1.82) is 0 Å². The summed E-state index contributed by atoms with van der Waals surface area (Å²) in [6, 6.07) is 12.8. The molecule has 1 fully saturated rings. The number of aromatic nitrogens is 1. The van der Waals surface area contributed by atoms with Crippen LogP contribution in [0.2, 0.25) is 0 Å². The fourth-order valence-corrected chi connectivity index (χ4v) is 2.85. The molecule has 1 saturated carbocycles. The van der Waals surface area contributed by atoms with Gasteiger partial charge >= 0.3 is 0 Å². The average Bonchev–Trinajstić information content (AvgIpc) is 3.13. The highest BCUT2D eigenvalue weighted by atomic mass is 16.5. The van der Waals surface area contributed by atoms with E-state index in [4.69, 9.17) is 13.7 Å². The molecular formula is C19H18N2O4. The Balaban J connectivity index is 1.51. The first-order chi connectivity index (χ1) is 12.2. The van der Waals surface area contributed by atoms with Crippen molar-refractivity contribution in [2.24, 2.45) is 5.92 Å². The Morgan fingerprint density at radius 2 is 2.04 bits per heavy atom. The minimum absolute atomic E-state index is 0.0397. The second-order valence-corrected chi connectivity index (χ2v) is 6.12. The van der Waals surface area contributed by atoms with Gasteiger partial charge in [-0.25, -0.2) is 0 Å². The van der Waals surface area contributed by atoms with Crippen LogP contribution in [0.25, 0.3) is 11.5 Å². The third-order valence-electron chi connectivity index (χ3n) is 4.36. The first kappa shape index (κ1) is 15.5. The molecule has 0 radical (unpaired) electrons. The molecular weight excluding hydrogens is 320 g/mol. The van der Waals surface area contributed by atoms with E-state index in [1.807, 2.05) is 24.3 Å². The van der Waals surface area contributed by atoms with Crippen LogP contribution >= 0.6 is 0 Å². The minimum atomic E-state index is -0.255. The summed E-state index contributed by atoms with van der Waals surface area (Å²) in [5, 5.41) is 6.93. The fraction of sp³-hybridized carbons (Fsp3) is 0.263. The van der Waals surface area contributed by atoms with Gasteiger partial charge in [0.2, 0.25) is 5.76 Å². The van der Waals surface area contributed by atoms with Crippen LogP contribution in [0.15, 0.2) is 57.7 Å². The standard InChI is InChI=1S/C19H18N2O4/c1-23-14-8-6-13(7-9-14)18(12-4-5-12)20-19(22)15-11-17(25-21-15)16-3-2-10-24-16/h2-3,6-12,18H,4-5H2,1H3,(H,20,22). The van der Waals surface area contributed by atoms with E-state index in [1.165, 1.54) is 0 Å². The van der Waals surface area contributed by atoms with Gasteiger partial charge in [0.15, 0.2) is 11.5 Å². The monoisotopic (exact) mass is 338 g/mol. The SMILES string of the molecule is COc1ccc(C(NC(=O)c2cc(-c3ccco3)on2)C2CC2)cc1. The minimum Gasteiger partial charge on any atom is -0.497 e. The van der Waals surface area contributed by atoms with Gasteiger partial charge in [-0.15, -0.1) is 0 Å².